The summed E-state index contributed by atoms with van der Waals surface area (Å²) in [4.78, 5) is 17.2. The van der Waals surface area contributed by atoms with Crippen molar-refractivity contribution in [2.45, 2.75) is 6.42 Å². The second-order valence-electron chi connectivity index (χ2n) is 6.99. The Morgan fingerprint density at radius 1 is 1.40 bits per heavy atom. The third-order valence-electron chi connectivity index (χ3n) is 5.09. The highest BCUT2D eigenvalue weighted by atomic mass is 16.5. The summed E-state index contributed by atoms with van der Waals surface area (Å²) >= 11 is 0. The molecule has 2 aliphatic rings. The number of nitriles is 1. The van der Waals surface area contributed by atoms with E-state index in [4.69, 9.17) is 14.7 Å². The zero-order chi connectivity index (χ0) is 17.7. The second kappa shape index (κ2) is 7.96. The van der Waals surface area contributed by atoms with Gasteiger partial charge in [0.1, 0.15) is 0 Å². The molecule has 1 amide bonds. The molecule has 2 fully saturated rings. The lowest BCUT2D eigenvalue weighted by Gasteiger charge is -2.32. The second-order valence-corrected chi connectivity index (χ2v) is 6.99. The summed E-state index contributed by atoms with van der Waals surface area (Å²) in [6, 6.07) is 9.02. The van der Waals surface area contributed by atoms with Crippen LogP contribution in [0.1, 0.15) is 22.3 Å². The van der Waals surface area contributed by atoms with Gasteiger partial charge in [-0.2, -0.15) is 5.26 Å². The first kappa shape index (κ1) is 17.9. The van der Waals surface area contributed by atoms with Crippen LogP contribution in [-0.2, 0) is 9.47 Å². The first-order valence-electron chi connectivity index (χ1n) is 8.74. The predicted octanol–water partition coefficient (Wildman–Crippen LogP) is 1.37. The van der Waals surface area contributed by atoms with Crippen LogP contribution in [0.4, 0.5) is 0 Å². The molecule has 2 aliphatic heterocycles. The number of rotatable bonds is 4. The Labute approximate surface area is 148 Å². The van der Waals surface area contributed by atoms with Gasteiger partial charge in [-0.1, -0.05) is 6.07 Å². The lowest BCUT2D eigenvalue weighted by atomic mass is 9.87. The van der Waals surface area contributed by atoms with Crippen LogP contribution in [0.5, 0.6) is 0 Å². The highest BCUT2D eigenvalue weighted by molar-refractivity contribution is 5.94. The highest BCUT2D eigenvalue weighted by Gasteiger charge is 2.42. The number of ether oxygens (including phenoxy) is 2. The maximum Gasteiger partial charge on any atom is 0.253 e. The summed E-state index contributed by atoms with van der Waals surface area (Å²) in [6.45, 7) is 6.12. The van der Waals surface area contributed by atoms with E-state index in [1.54, 1.807) is 31.4 Å². The minimum atomic E-state index is -0.0164. The van der Waals surface area contributed by atoms with Crippen molar-refractivity contribution in [1.29, 1.82) is 5.26 Å². The van der Waals surface area contributed by atoms with Gasteiger partial charge in [-0.3, -0.25) is 4.79 Å². The summed E-state index contributed by atoms with van der Waals surface area (Å²) in [5.74, 6) is -0.0164. The monoisotopic (exact) mass is 343 g/mol. The normalized spacial score (nSPS) is 24.2. The van der Waals surface area contributed by atoms with Crippen molar-refractivity contribution in [2.75, 3.05) is 59.7 Å². The molecule has 134 valence electrons. The van der Waals surface area contributed by atoms with Crippen LogP contribution in [0.15, 0.2) is 24.3 Å². The largest absolute Gasteiger partial charge is 0.383 e. The smallest absolute Gasteiger partial charge is 0.253 e. The minimum Gasteiger partial charge on any atom is -0.383 e. The van der Waals surface area contributed by atoms with Gasteiger partial charge in [0.25, 0.3) is 5.91 Å². The molecule has 0 aliphatic carbocycles. The van der Waals surface area contributed by atoms with Crippen molar-refractivity contribution < 1.29 is 14.3 Å². The number of hydrogen-bond donors (Lipinski definition) is 0. The van der Waals surface area contributed by atoms with Crippen LogP contribution in [0.25, 0.3) is 0 Å². The third kappa shape index (κ3) is 4.18. The molecule has 1 spiro atoms. The molecule has 0 aromatic heterocycles. The Balaban J connectivity index is 1.72. The van der Waals surface area contributed by atoms with E-state index >= 15 is 0 Å². The van der Waals surface area contributed by atoms with E-state index in [1.807, 2.05) is 4.90 Å². The van der Waals surface area contributed by atoms with Crippen LogP contribution in [0, 0.1) is 16.7 Å². The van der Waals surface area contributed by atoms with Crippen molar-refractivity contribution in [3.8, 4) is 6.07 Å². The number of carbonyl (C=O) groups excluding carboxylic acids is 1. The van der Waals surface area contributed by atoms with Gasteiger partial charge in [-0.25, -0.2) is 0 Å². The summed E-state index contributed by atoms with van der Waals surface area (Å²) in [7, 11) is 1.72. The maximum absolute atomic E-state index is 12.9. The van der Waals surface area contributed by atoms with Gasteiger partial charge in [0.2, 0.25) is 0 Å². The fourth-order valence-electron chi connectivity index (χ4n) is 3.76. The quantitative estimate of drug-likeness (QED) is 0.826. The van der Waals surface area contributed by atoms with E-state index in [-0.39, 0.29) is 11.3 Å². The van der Waals surface area contributed by atoms with E-state index < -0.39 is 0 Å². The maximum atomic E-state index is 12.9. The minimum absolute atomic E-state index is 0.00720. The van der Waals surface area contributed by atoms with E-state index in [0.717, 1.165) is 32.7 Å². The van der Waals surface area contributed by atoms with E-state index in [0.29, 0.717) is 37.4 Å². The molecule has 1 unspecified atom stereocenters. The molecule has 0 saturated carbocycles. The van der Waals surface area contributed by atoms with Crippen molar-refractivity contribution >= 4 is 5.91 Å². The average Bonchev–Trinajstić information content (AvgIpc) is 2.92. The molecular weight excluding hydrogens is 318 g/mol. The van der Waals surface area contributed by atoms with Gasteiger partial charge in [-0.05, 0) is 31.2 Å². The highest BCUT2D eigenvalue weighted by Crippen LogP contribution is 2.33. The third-order valence-corrected chi connectivity index (χ3v) is 5.09. The average molecular weight is 343 g/mol. The number of benzene rings is 1. The van der Waals surface area contributed by atoms with Crippen molar-refractivity contribution in [2.24, 2.45) is 5.41 Å². The van der Waals surface area contributed by atoms with E-state index in [9.17, 15) is 4.79 Å². The molecular formula is C19H25N3O3. The van der Waals surface area contributed by atoms with Gasteiger partial charge in [0, 0.05) is 44.3 Å². The van der Waals surface area contributed by atoms with Crippen LogP contribution in [0.2, 0.25) is 0 Å². The first-order chi connectivity index (χ1) is 12.2. The Morgan fingerprint density at radius 2 is 2.28 bits per heavy atom. The van der Waals surface area contributed by atoms with Crippen molar-refractivity contribution in [3.05, 3.63) is 35.4 Å². The van der Waals surface area contributed by atoms with Crippen molar-refractivity contribution in [1.82, 2.24) is 9.80 Å². The molecule has 2 heterocycles. The predicted molar refractivity (Wildman–Crippen MR) is 93.2 cm³/mol. The number of likely N-dealkylation sites (tertiary alicyclic amines) is 1. The fraction of sp³-hybridized carbons (Fsp3) is 0.579. The summed E-state index contributed by atoms with van der Waals surface area (Å²) in [5.41, 5.74) is 1.08. The van der Waals surface area contributed by atoms with Gasteiger partial charge in [0.15, 0.2) is 0 Å². The first-order valence-corrected chi connectivity index (χ1v) is 8.74. The Morgan fingerprint density at radius 3 is 3.08 bits per heavy atom. The molecule has 0 bridgehead atoms. The van der Waals surface area contributed by atoms with Crippen molar-refractivity contribution in [3.63, 3.8) is 0 Å². The number of nitrogens with zero attached hydrogens (tertiary/aromatic N) is 3. The molecule has 0 N–H and O–H groups in total. The number of methoxy groups -OCH3 is 1. The van der Waals surface area contributed by atoms with Gasteiger partial charge < -0.3 is 19.3 Å². The number of carbonyl (C=O) groups is 1. The van der Waals surface area contributed by atoms with E-state index in [1.165, 1.54) is 0 Å². The Kier molecular flexibility index (Phi) is 5.69. The van der Waals surface area contributed by atoms with Gasteiger partial charge >= 0.3 is 0 Å². The molecule has 1 aromatic rings. The van der Waals surface area contributed by atoms with Crippen LogP contribution < -0.4 is 0 Å². The number of amides is 1. The standard InChI is InChI=1S/C19H25N3O3/c1-24-9-7-21-6-5-19(13-21)14-22(8-10-25-15-19)18(23)17-4-2-3-16(11-17)12-20/h2-4,11H,5-10,13-15H2,1H3. The molecule has 6 nitrogen and oxygen atoms in total. The van der Waals surface area contributed by atoms with Gasteiger partial charge in [-0.15, -0.1) is 0 Å². The lowest BCUT2D eigenvalue weighted by Crippen LogP contribution is -2.43. The van der Waals surface area contributed by atoms with Gasteiger partial charge in [0.05, 0.1) is 31.5 Å². The zero-order valence-corrected chi connectivity index (χ0v) is 14.7. The zero-order valence-electron chi connectivity index (χ0n) is 14.7. The summed E-state index contributed by atoms with van der Waals surface area (Å²) in [6.07, 6.45) is 1.03. The SMILES string of the molecule is COCCN1CCC2(COCCN(C(=O)c3cccc(C#N)c3)C2)C1. The molecule has 1 atom stereocenters. The molecule has 2 saturated heterocycles. The topological polar surface area (TPSA) is 65.8 Å². The summed E-state index contributed by atoms with van der Waals surface area (Å²) < 4.78 is 11.0. The Hall–Kier alpha value is -1.94. The van der Waals surface area contributed by atoms with Crippen LogP contribution in [0.3, 0.4) is 0 Å². The summed E-state index contributed by atoms with van der Waals surface area (Å²) in [5, 5.41) is 9.06. The van der Waals surface area contributed by atoms with E-state index in [2.05, 4.69) is 11.0 Å². The fourth-order valence-corrected chi connectivity index (χ4v) is 3.76. The molecule has 1 aromatic carbocycles. The molecule has 25 heavy (non-hydrogen) atoms. The molecule has 0 radical (unpaired) electrons. The number of hydrogen-bond acceptors (Lipinski definition) is 5. The Bertz CT molecular complexity index is 658. The van der Waals surface area contributed by atoms with Crippen LogP contribution >= 0.6 is 0 Å². The molecule has 3 rings (SSSR count). The molecule has 6 heteroatoms. The lowest BCUT2D eigenvalue weighted by molar-refractivity contribution is 0.0629. The van der Waals surface area contributed by atoms with Crippen LogP contribution in [-0.4, -0.2) is 75.4 Å².